The zero-order chi connectivity index (χ0) is 16.4. The molecule has 0 bridgehead atoms. The average Bonchev–Trinajstić information content (AvgIpc) is 2.97. The number of carbonyl (C=O) groups excluding carboxylic acids is 1. The fourth-order valence-electron chi connectivity index (χ4n) is 2.14. The standard InChI is InChI=1S/C16H13N3O4/c1-2-15-18-13-9-10(3-8-14(13)23-15)16(20)17-11-4-6-12(7-5-11)19(21)22/h3-9H,2H2,1H3,(H,17,20). The van der Waals surface area contributed by atoms with Crippen molar-refractivity contribution in [2.24, 2.45) is 0 Å². The van der Waals surface area contributed by atoms with Crippen LogP contribution in [-0.2, 0) is 6.42 Å². The van der Waals surface area contributed by atoms with Crippen LogP contribution >= 0.6 is 0 Å². The van der Waals surface area contributed by atoms with Gasteiger partial charge in [-0.2, -0.15) is 0 Å². The molecule has 0 saturated carbocycles. The molecule has 1 N–H and O–H groups in total. The van der Waals surface area contributed by atoms with Gasteiger partial charge >= 0.3 is 0 Å². The lowest BCUT2D eigenvalue weighted by molar-refractivity contribution is -0.384. The molecule has 2 aromatic carbocycles. The zero-order valence-electron chi connectivity index (χ0n) is 12.3. The van der Waals surface area contributed by atoms with Crippen LogP contribution in [0.1, 0.15) is 23.2 Å². The smallest absolute Gasteiger partial charge is 0.269 e. The molecule has 1 aromatic heterocycles. The number of aryl methyl sites for hydroxylation is 1. The molecule has 0 aliphatic rings. The Labute approximate surface area is 131 Å². The molecule has 0 saturated heterocycles. The van der Waals surface area contributed by atoms with Crippen molar-refractivity contribution in [3.8, 4) is 0 Å². The van der Waals surface area contributed by atoms with Crippen LogP contribution < -0.4 is 5.32 Å². The molecule has 0 fully saturated rings. The number of oxazole rings is 1. The van der Waals surface area contributed by atoms with E-state index >= 15 is 0 Å². The third-order valence-corrected chi connectivity index (χ3v) is 3.33. The second-order valence-electron chi connectivity index (χ2n) is 4.90. The van der Waals surface area contributed by atoms with Gasteiger partial charge in [0.05, 0.1) is 4.92 Å². The Morgan fingerprint density at radius 1 is 1.26 bits per heavy atom. The van der Waals surface area contributed by atoms with E-state index in [9.17, 15) is 14.9 Å². The first-order valence-corrected chi connectivity index (χ1v) is 7.02. The van der Waals surface area contributed by atoms with Crippen LogP contribution in [0.4, 0.5) is 11.4 Å². The maximum atomic E-state index is 12.2. The lowest BCUT2D eigenvalue weighted by atomic mass is 10.2. The van der Waals surface area contributed by atoms with Crippen molar-refractivity contribution in [3.63, 3.8) is 0 Å². The molecule has 116 valence electrons. The zero-order valence-corrected chi connectivity index (χ0v) is 12.3. The summed E-state index contributed by atoms with van der Waals surface area (Å²) >= 11 is 0. The van der Waals surface area contributed by atoms with Gasteiger partial charge in [0.25, 0.3) is 11.6 Å². The van der Waals surface area contributed by atoms with Crippen LogP contribution in [-0.4, -0.2) is 15.8 Å². The van der Waals surface area contributed by atoms with Gasteiger partial charge in [-0.25, -0.2) is 4.98 Å². The summed E-state index contributed by atoms with van der Waals surface area (Å²) in [6.45, 7) is 1.94. The number of amides is 1. The van der Waals surface area contributed by atoms with Crippen LogP contribution in [0.3, 0.4) is 0 Å². The van der Waals surface area contributed by atoms with Gasteiger partial charge in [-0.3, -0.25) is 14.9 Å². The predicted octanol–water partition coefficient (Wildman–Crippen LogP) is 3.55. The highest BCUT2D eigenvalue weighted by atomic mass is 16.6. The number of carbonyl (C=O) groups is 1. The van der Waals surface area contributed by atoms with Crippen molar-refractivity contribution in [1.82, 2.24) is 4.98 Å². The molecule has 0 aliphatic carbocycles. The Bertz CT molecular complexity index is 884. The molecule has 7 heteroatoms. The normalized spacial score (nSPS) is 10.7. The van der Waals surface area contributed by atoms with E-state index in [4.69, 9.17) is 4.42 Å². The number of anilines is 1. The van der Waals surface area contributed by atoms with Crippen LogP contribution in [0.2, 0.25) is 0 Å². The Hall–Kier alpha value is -3.22. The lowest BCUT2D eigenvalue weighted by Crippen LogP contribution is -2.11. The van der Waals surface area contributed by atoms with E-state index in [0.29, 0.717) is 34.7 Å². The van der Waals surface area contributed by atoms with Crippen LogP contribution in [0.25, 0.3) is 11.1 Å². The minimum absolute atomic E-state index is 0.0286. The largest absolute Gasteiger partial charge is 0.441 e. The molecule has 0 atom stereocenters. The highest BCUT2D eigenvalue weighted by Gasteiger charge is 2.11. The molecule has 0 unspecified atom stereocenters. The van der Waals surface area contributed by atoms with E-state index < -0.39 is 4.92 Å². The van der Waals surface area contributed by atoms with Gasteiger partial charge in [0.2, 0.25) is 0 Å². The number of nitro groups is 1. The lowest BCUT2D eigenvalue weighted by Gasteiger charge is -2.04. The summed E-state index contributed by atoms with van der Waals surface area (Å²) in [5.41, 5.74) is 2.15. The van der Waals surface area contributed by atoms with Crippen molar-refractivity contribution in [2.75, 3.05) is 5.32 Å². The van der Waals surface area contributed by atoms with E-state index in [-0.39, 0.29) is 11.6 Å². The first-order chi connectivity index (χ1) is 11.1. The Morgan fingerprint density at radius 3 is 2.65 bits per heavy atom. The van der Waals surface area contributed by atoms with Gasteiger partial charge in [0, 0.05) is 29.8 Å². The second kappa shape index (κ2) is 5.88. The van der Waals surface area contributed by atoms with Crippen molar-refractivity contribution in [2.45, 2.75) is 13.3 Å². The summed E-state index contributed by atoms with van der Waals surface area (Å²) in [6.07, 6.45) is 0.680. The Morgan fingerprint density at radius 2 is 2.00 bits per heavy atom. The molecule has 3 aromatic rings. The van der Waals surface area contributed by atoms with E-state index in [1.807, 2.05) is 6.92 Å². The molecule has 1 amide bonds. The molecular formula is C16H13N3O4. The molecule has 3 rings (SSSR count). The maximum Gasteiger partial charge on any atom is 0.269 e. The number of non-ortho nitro benzene ring substituents is 1. The molecule has 7 nitrogen and oxygen atoms in total. The van der Waals surface area contributed by atoms with E-state index in [1.165, 1.54) is 24.3 Å². The van der Waals surface area contributed by atoms with Gasteiger partial charge in [0.1, 0.15) is 5.52 Å². The fraction of sp³-hybridized carbons (Fsp3) is 0.125. The van der Waals surface area contributed by atoms with Crippen LogP contribution in [0.15, 0.2) is 46.9 Å². The van der Waals surface area contributed by atoms with Gasteiger partial charge in [-0.1, -0.05) is 6.92 Å². The molecule has 1 heterocycles. The van der Waals surface area contributed by atoms with Gasteiger partial charge in [-0.05, 0) is 30.3 Å². The SMILES string of the molecule is CCc1nc2cc(C(=O)Nc3ccc([N+](=O)[O-])cc3)ccc2o1. The number of hydrogen-bond acceptors (Lipinski definition) is 5. The summed E-state index contributed by atoms with van der Waals surface area (Å²) in [7, 11) is 0. The van der Waals surface area contributed by atoms with Gasteiger partial charge < -0.3 is 9.73 Å². The van der Waals surface area contributed by atoms with Crippen molar-refractivity contribution in [1.29, 1.82) is 0 Å². The summed E-state index contributed by atoms with van der Waals surface area (Å²) in [5.74, 6) is 0.301. The summed E-state index contributed by atoms with van der Waals surface area (Å²) < 4.78 is 5.50. The molecule has 0 aliphatic heterocycles. The van der Waals surface area contributed by atoms with Gasteiger partial charge in [-0.15, -0.1) is 0 Å². The average molecular weight is 311 g/mol. The third-order valence-electron chi connectivity index (χ3n) is 3.33. The van der Waals surface area contributed by atoms with Gasteiger partial charge in [0.15, 0.2) is 11.5 Å². The van der Waals surface area contributed by atoms with Crippen LogP contribution in [0, 0.1) is 10.1 Å². The molecule has 0 spiro atoms. The summed E-state index contributed by atoms with van der Waals surface area (Å²) in [4.78, 5) is 26.7. The van der Waals surface area contributed by atoms with Crippen molar-refractivity contribution >= 4 is 28.4 Å². The number of benzene rings is 2. The number of nitrogens with zero attached hydrogens (tertiary/aromatic N) is 2. The Balaban J connectivity index is 1.80. The number of fused-ring (bicyclic) bond motifs is 1. The van der Waals surface area contributed by atoms with Crippen molar-refractivity contribution in [3.05, 3.63) is 64.0 Å². The quantitative estimate of drug-likeness (QED) is 0.587. The Kier molecular flexibility index (Phi) is 3.76. The predicted molar refractivity (Wildman–Crippen MR) is 84.4 cm³/mol. The number of nitro benzene ring substituents is 1. The molecule has 23 heavy (non-hydrogen) atoms. The first-order valence-electron chi connectivity index (χ1n) is 7.02. The summed E-state index contributed by atoms with van der Waals surface area (Å²) in [6, 6.07) is 10.6. The van der Waals surface area contributed by atoms with Crippen LogP contribution in [0.5, 0.6) is 0 Å². The highest BCUT2D eigenvalue weighted by molar-refractivity contribution is 6.05. The minimum Gasteiger partial charge on any atom is -0.441 e. The number of nitrogens with one attached hydrogen (secondary N) is 1. The monoisotopic (exact) mass is 311 g/mol. The van der Waals surface area contributed by atoms with E-state index in [2.05, 4.69) is 10.3 Å². The molecular weight excluding hydrogens is 298 g/mol. The topological polar surface area (TPSA) is 98.3 Å². The maximum absolute atomic E-state index is 12.2. The van der Waals surface area contributed by atoms with E-state index in [1.54, 1.807) is 18.2 Å². The highest BCUT2D eigenvalue weighted by Crippen LogP contribution is 2.20. The van der Waals surface area contributed by atoms with Crippen molar-refractivity contribution < 1.29 is 14.1 Å². The third kappa shape index (κ3) is 3.03. The number of rotatable bonds is 4. The summed E-state index contributed by atoms with van der Waals surface area (Å²) in [5, 5.41) is 13.3. The second-order valence-corrected chi connectivity index (χ2v) is 4.90. The fourth-order valence-corrected chi connectivity index (χ4v) is 2.14. The first kappa shape index (κ1) is 14.7. The molecule has 0 radical (unpaired) electrons. The number of hydrogen-bond donors (Lipinski definition) is 1. The minimum atomic E-state index is -0.491. The van der Waals surface area contributed by atoms with E-state index in [0.717, 1.165) is 0 Å². The number of aromatic nitrogens is 1.